The zero-order chi connectivity index (χ0) is 24.6. The van der Waals surface area contributed by atoms with Gasteiger partial charge in [-0.15, -0.1) is 0 Å². The third-order valence-electron chi connectivity index (χ3n) is 7.52. The van der Waals surface area contributed by atoms with Crippen molar-refractivity contribution in [3.8, 4) is 11.1 Å². The molecule has 0 unspecified atom stereocenters. The highest BCUT2D eigenvalue weighted by Gasteiger charge is 2.53. The molecule has 0 saturated carbocycles. The zero-order valence-electron chi connectivity index (χ0n) is 20.2. The molecule has 2 aliphatic rings. The number of imidazole rings is 1. The highest BCUT2D eigenvalue weighted by molar-refractivity contribution is 6.10. The van der Waals surface area contributed by atoms with Gasteiger partial charge in [0, 0.05) is 45.9 Å². The number of carbonyl (C=O) groups is 3. The molecule has 35 heavy (non-hydrogen) atoms. The number of benzene rings is 2. The second-order valence-corrected chi connectivity index (χ2v) is 9.63. The van der Waals surface area contributed by atoms with Crippen LogP contribution in [0.5, 0.6) is 0 Å². The summed E-state index contributed by atoms with van der Waals surface area (Å²) in [6.45, 7) is 0.622. The maximum absolute atomic E-state index is 13.8. The van der Waals surface area contributed by atoms with Crippen LogP contribution in [0.1, 0.15) is 49.5 Å². The summed E-state index contributed by atoms with van der Waals surface area (Å²) in [6.07, 6.45) is 6.37. The van der Waals surface area contributed by atoms with Crippen molar-refractivity contribution in [3.05, 3.63) is 78.4 Å². The first-order chi connectivity index (χ1) is 16.9. The van der Waals surface area contributed by atoms with E-state index >= 15 is 0 Å². The van der Waals surface area contributed by atoms with Crippen molar-refractivity contribution in [2.45, 2.75) is 43.6 Å². The number of rotatable bonds is 5. The van der Waals surface area contributed by atoms with Gasteiger partial charge in [-0.25, -0.2) is 4.98 Å². The normalized spacial score (nSPS) is 22.6. The fourth-order valence-electron chi connectivity index (χ4n) is 5.52. The molecule has 3 aromatic rings. The average Bonchev–Trinajstić information content (AvgIpc) is 3.41. The van der Waals surface area contributed by atoms with Crippen molar-refractivity contribution in [3.63, 3.8) is 0 Å². The Morgan fingerprint density at radius 3 is 2.34 bits per heavy atom. The van der Waals surface area contributed by atoms with Crippen molar-refractivity contribution >= 4 is 17.7 Å². The first-order valence-corrected chi connectivity index (χ1v) is 12.1. The maximum Gasteiger partial charge on any atom is 0.240 e. The third-order valence-corrected chi connectivity index (χ3v) is 7.52. The molecule has 7 nitrogen and oxygen atoms in total. The van der Waals surface area contributed by atoms with E-state index in [1.165, 1.54) is 11.9 Å². The predicted molar refractivity (Wildman–Crippen MR) is 132 cm³/mol. The number of hydrogen-bond acceptors (Lipinski definition) is 4. The molecule has 2 fully saturated rings. The van der Waals surface area contributed by atoms with E-state index in [1.54, 1.807) is 6.20 Å². The number of carbonyl (C=O) groups excluding carboxylic acids is 3. The smallest absolute Gasteiger partial charge is 0.240 e. The molecule has 2 saturated heterocycles. The van der Waals surface area contributed by atoms with Crippen LogP contribution in [0.4, 0.5) is 0 Å². The van der Waals surface area contributed by atoms with Gasteiger partial charge in [0.25, 0.3) is 0 Å². The van der Waals surface area contributed by atoms with Crippen LogP contribution < -0.4 is 0 Å². The minimum atomic E-state index is -1.19. The van der Waals surface area contributed by atoms with Gasteiger partial charge in [-0.2, -0.15) is 0 Å². The second kappa shape index (κ2) is 9.13. The van der Waals surface area contributed by atoms with Crippen molar-refractivity contribution in [2.75, 3.05) is 13.6 Å². The second-order valence-electron chi connectivity index (χ2n) is 9.63. The van der Waals surface area contributed by atoms with Crippen molar-refractivity contribution in [1.82, 2.24) is 19.4 Å². The van der Waals surface area contributed by atoms with E-state index in [0.717, 1.165) is 36.2 Å². The summed E-state index contributed by atoms with van der Waals surface area (Å²) in [6, 6.07) is 17.6. The number of likely N-dealkylation sites (N-methyl/N-ethyl adjacent to an activating group) is 1. The van der Waals surface area contributed by atoms with Crippen LogP contribution in [-0.4, -0.2) is 50.7 Å². The summed E-state index contributed by atoms with van der Waals surface area (Å²) < 4.78 is 1.95. The van der Waals surface area contributed by atoms with Crippen LogP contribution in [0, 0.1) is 0 Å². The zero-order valence-corrected chi connectivity index (χ0v) is 20.2. The first kappa shape index (κ1) is 23.0. The Morgan fingerprint density at radius 1 is 1.00 bits per heavy atom. The monoisotopic (exact) mass is 470 g/mol. The summed E-state index contributed by atoms with van der Waals surface area (Å²) >= 11 is 0. The molecule has 5 rings (SSSR count). The maximum atomic E-state index is 13.8. The molecular formula is C28H30N4O3. The fraction of sp³-hybridized carbons (Fsp3) is 0.357. The number of aromatic nitrogens is 2. The van der Waals surface area contributed by atoms with E-state index < -0.39 is 5.41 Å². The van der Waals surface area contributed by atoms with Crippen LogP contribution in [-0.2, 0) is 26.8 Å². The van der Waals surface area contributed by atoms with Crippen LogP contribution in [0.15, 0.2) is 67.0 Å². The Morgan fingerprint density at radius 2 is 1.71 bits per heavy atom. The number of nitrogens with zero attached hydrogens (tertiary/aromatic N) is 4. The largest absolute Gasteiger partial charge is 0.336 e. The van der Waals surface area contributed by atoms with E-state index in [1.807, 2.05) is 77.3 Å². The number of aryl methyl sites for hydroxylation is 1. The van der Waals surface area contributed by atoms with E-state index in [0.29, 0.717) is 12.1 Å². The molecule has 0 N–H and O–H groups in total. The molecule has 1 aromatic heterocycles. The van der Waals surface area contributed by atoms with Crippen molar-refractivity contribution < 1.29 is 14.4 Å². The molecule has 0 aliphatic carbocycles. The third kappa shape index (κ3) is 4.05. The lowest BCUT2D eigenvalue weighted by molar-refractivity contribution is -0.143. The number of hydrogen-bond donors (Lipinski definition) is 0. The van der Waals surface area contributed by atoms with E-state index in [9.17, 15) is 14.4 Å². The molecular weight excluding hydrogens is 440 g/mol. The van der Waals surface area contributed by atoms with Gasteiger partial charge in [-0.1, -0.05) is 54.6 Å². The molecule has 2 atom stereocenters. The Labute approximate surface area is 205 Å². The molecule has 180 valence electrons. The number of likely N-dealkylation sites (tertiary alicyclic amines) is 2. The Balaban J connectivity index is 1.48. The quantitative estimate of drug-likeness (QED) is 0.531. The molecule has 0 radical (unpaired) electrons. The van der Waals surface area contributed by atoms with Crippen LogP contribution >= 0.6 is 0 Å². The van der Waals surface area contributed by atoms with Gasteiger partial charge in [-0.3, -0.25) is 19.3 Å². The Kier molecular flexibility index (Phi) is 6.01. The summed E-state index contributed by atoms with van der Waals surface area (Å²) in [7, 11) is 3.44. The lowest BCUT2D eigenvalue weighted by atomic mass is 9.75. The lowest BCUT2D eigenvalue weighted by Crippen LogP contribution is -2.45. The van der Waals surface area contributed by atoms with Crippen molar-refractivity contribution in [2.24, 2.45) is 7.05 Å². The minimum absolute atomic E-state index is 0.000329. The van der Waals surface area contributed by atoms with Gasteiger partial charge < -0.3 is 9.47 Å². The molecule has 0 bridgehead atoms. The summed E-state index contributed by atoms with van der Waals surface area (Å²) in [5.74, 6) is 0.176. The van der Waals surface area contributed by atoms with Crippen LogP contribution in [0.2, 0.25) is 0 Å². The number of amides is 3. The fourth-order valence-corrected chi connectivity index (χ4v) is 5.52. The summed E-state index contributed by atoms with van der Waals surface area (Å²) in [5, 5.41) is 0. The Bertz CT molecular complexity index is 1250. The molecule has 3 heterocycles. The van der Waals surface area contributed by atoms with Gasteiger partial charge >= 0.3 is 0 Å². The summed E-state index contributed by atoms with van der Waals surface area (Å²) in [5.41, 5.74) is 1.61. The molecule has 0 spiro atoms. The number of imide groups is 1. The minimum Gasteiger partial charge on any atom is -0.336 e. The van der Waals surface area contributed by atoms with Crippen molar-refractivity contribution in [1.29, 1.82) is 0 Å². The van der Waals surface area contributed by atoms with Gasteiger partial charge in [0.05, 0.1) is 11.5 Å². The summed E-state index contributed by atoms with van der Waals surface area (Å²) in [4.78, 5) is 47.5. The van der Waals surface area contributed by atoms with Gasteiger partial charge in [0.1, 0.15) is 5.82 Å². The van der Waals surface area contributed by atoms with Gasteiger partial charge in [0.2, 0.25) is 17.7 Å². The van der Waals surface area contributed by atoms with Gasteiger partial charge in [-0.05, 0) is 36.0 Å². The predicted octanol–water partition coefficient (Wildman–Crippen LogP) is 3.86. The first-order valence-electron chi connectivity index (χ1n) is 12.1. The highest BCUT2D eigenvalue weighted by atomic mass is 16.2. The highest BCUT2D eigenvalue weighted by Crippen LogP contribution is 2.42. The van der Waals surface area contributed by atoms with Crippen LogP contribution in [0.25, 0.3) is 11.1 Å². The van der Waals surface area contributed by atoms with E-state index in [2.05, 4.69) is 4.98 Å². The van der Waals surface area contributed by atoms with E-state index in [4.69, 9.17) is 0 Å². The number of piperidine rings is 1. The lowest BCUT2D eigenvalue weighted by Gasteiger charge is -2.37. The van der Waals surface area contributed by atoms with E-state index in [-0.39, 0.29) is 36.6 Å². The topological polar surface area (TPSA) is 75.5 Å². The molecule has 2 aliphatic heterocycles. The SMILES string of the molecule is CN1C(=O)C[C@](CC(=O)N2CCCC[C@@H]2c2nccn2C)(c2ccc(-c3ccccc3)cc2)C1=O. The standard InChI is InChI=1S/C28H30N4O3/c1-30-17-15-29-26(30)23-10-6-7-16-32(23)25(34)19-28(18-24(33)31(2)27(28)35)22-13-11-21(12-14-22)20-8-4-3-5-9-20/h3-5,8-9,11-15,17,23H,6-7,10,16,18-19H2,1-2H3/t23-,28+/m1/s1. The molecule has 3 amide bonds. The van der Waals surface area contributed by atoms with Crippen LogP contribution in [0.3, 0.4) is 0 Å². The Hall–Kier alpha value is -3.74. The molecule has 2 aromatic carbocycles. The van der Waals surface area contributed by atoms with Gasteiger partial charge in [0.15, 0.2) is 0 Å². The molecule has 7 heteroatoms. The average molecular weight is 471 g/mol.